The van der Waals surface area contributed by atoms with Gasteiger partial charge in [-0.15, -0.1) is 11.3 Å². The predicted octanol–water partition coefficient (Wildman–Crippen LogP) is 4.43. The van der Waals surface area contributed by atoms with Gasteiger partial charge in [0.15, 0.2) is 0 Å². The molecule has 0 saturated carbocycles. The van der Waals surface area contributed by atoms with Crippen LogP contribution in [0.2, 0.25) is 5.02 Å². The monoisotopic (exact) mass is 283 g/mol. The second kappa shape index (κ2) is 6.32. The third kappa shape index (κ3) is 3.31. The largest absolute Gasteiger partial charge is 0.309 e. The molecule has 1 unspecified atom stereocenters. The smallest absolute Gasteiger partial charge is 0.123 e. The first-order valence-electron chi connectivity index (χ1n) is 5.91. The highest BCUT2D eigenvalue weighted by Gasteiger charge is 2.14. The lowest BCUT2D eigenvalue weighted by Gasteiger charge is -2.17. The van der Waals surface area contributed by atoms with Gasteiger partial charge in [0, 0.05) is 15.9 Å². The molecule has 0 radical (unpaired) electrons. The van der Waals surface area contributed by atoms with Crippen LogP contribution in [0.1, 0.15) is 23.4 Å². The molecule has 0 aliphatic rings. The fraction of sp³-hybridized carbons (Fsp3) is 0.286. The van der Waals surface area contributed by atoms with Crippen molar-refractivity contribution in [1.29, 1.82) is 0 Å². The number of hydrogen-bond acceptors (Lipinski definition) is 2. The number of rotatable bonds is 5. The van der Waals surface area contributed by atoms with Gasteiger partial charge in [0.1, 0.15) is 5.82 Å². The molecule has 18 heavy (non-hydrogen) atoms. The summed E-state index contributed by atoms with van der Waals surface area (Å²) in [4.78, 5) is 1.25. The van der Waals surface area contributed by atoms with Crippen LogP contribution in [0.25, 0.3) is 0 Å². The Morgan fingerprint density at radius 2 is 2.22 bits per heavy atom. The maximum atomic E-state index is 13.2. The average molecular weight is 284 g/mol. The van der Waals surface area contributed by atoms with Crippen molar-refractivity contribution < 1.29 is 4.39 Å². The van der Waals surface area contributed by atoms with E-state index in [0.717, 1.165) is 12.1 Å². The third-order valence-corrected chi connectivity index (χ3v) is 4.12. The number of halogens is 2. The molecule has 0 saturated heterocycles. The number of hydrogen-bond donors (Lipinski definition) is 1. The molecule has 1 aromatic heterocycles. The lowest BCUT2D eigenvalue weighted by Crippen LogP contribution is -2.22. The van der Waals surface area contributed by atoms with Crippen molar-refractivity contribution in [1.82, 2.24) is 5.32 Å². The molecule has 0 aliphatic heterocycles. The van der Waals surface area contributed by atoms with Crippen molar-refractivity contribution in [3.8, 4) is 0 Å². The fourth-order valence-corrected chi connectivity index (χ4v) is 2.93. The summed E-state index contributed by atoms with van der Waals surface area (Å²) in [6.45, 7) is 2.93. The molecule has 96 valence electrons. The molecular weight excluding hydrogens is 269 g/mol. The Bertz CT molecular complexity index is 499. The summed E-state index contributed by atoms with van der Waals surface area (Å²) in [7, 11) is 0. The Morgan fingerprint density at radius 3 is 2.89 bits per heavy atom. The molecule has 4 heteroatoms. The Balaban J connectivity index is 2.21. The van der Waals surface area contributed by atoms with Crippen LogP contribution in [0.5, 0.6) is 0 Å². The molecule has 0 spiro atoms. The van der Waals surface area contributed by atoms with E-state index in [1.165, 1.54) is 17.0 Å². The van der Waals surface area contributed by atoms with Crippen molar-refractivity contribution in [2.24, 2.45) is 0 Å². The molecule has 1 N–H and O–H groups in total. The van der Waals surface area contributed by atoms with E-state index in [4.69, 9.17) is 11.6 Å². The lowest BCUT2D eigenvalue weighted by atomic mass is 10.0. The van der Waals surface area contributed by atoms with E-state index in [1.807, 2.05) is 11.4 Å². The minimum Gasteiger partial charge on any atom is -0.309 e. The highest BCUT2D eigenvalue weighted by molar-refractivity contribution is 7.10. The first kappa shape index (κ1) is 13.5. The van der Waals surface area contributed by atoms with Crippen molar-refractivity contribution in [3.05, 3.63) is 57.0 Å². The second-order valence-electron chi connectivity index (χ2n) is 4.07. The second-order valence-corrected chi connectivity index (χ2v) is 5.45. The Hall–Kier alpha value is -0.900. The van der Waals surface area contributed by atoms with Gasteiger partial charge in [-0.25, -0.2) is 4.39 Å². The number of benzene rings is 1. The molecule has 0 bridgehead atoms. The number of nitrogens with one attached hydrogen (secondary N) is 1. The van der Waals surface area contributed by atoms with E-state index in [1.54, 1.807) is 17.4 Å². The van der Waals surface area contributed by atoms with Gasteiger partial charge in [0.2, 0.25) is 0 Å². The van der Waals surface area contributed by atoms with Crippen LogP contribution in [0, 0.1) is 5.82 Å². The fourth-order valence-electron chi connectivity index (χ4n) is 1.93. The molecular formula is C14H15ClFNS. The summed E-state index contributed by atoms with van der Waals surface area (Å²) in [5.41, 5.74) is 0.844. The third-order valence-electron chi connectivity index (χ3n) is 2.77. The normalized spacial score (nSPS) is 12.6. The average Bonchev–Trinajstić information content (AvgIpc) is 2.87. The van der Waals surface area contributed by atoms with Crippen LogP contribution in [-0.4, -0.2) is 6.54 Å². The molecule has 1 atom stereocenters. The molecule has 0 aliphatic carbocycles. The maximum absolute atomic E-state index is 13.2. The van der Waals surface area contributed by atoms with E-state index in [-0.39, 0.29) is 11.9 Å². The minimum absolute atomic E-state index is 0.189. The van der Waals surface area contributed by atoms with Gasteiger partial charge >= 0.3 is 0 Å². The van der Waals surface area contributed by atoms with E-state index in [0.29, 0.717) is 11.4 Å². The van der Waals surface area contributed by atoms with E-state index in [2.05, 4.69) is 18.3 Å². The summed E-state index contributed by atoms with van der Waals surface area (Å²) >= 11 is 7.81. The zero-order chi connectivity index (χ0) is 13.0. The summed E-state index contributed by atoms with van der Waals surface area (Å²) in [6.07, 6.45) is 0.699. The standard InChI is InChI=1S/C14H15ClFNS/c1-2-17-13(14-4-3-7-18-14)9-10-8-11(16)5-6-12(10)15/h3-8,13,17H,2,9H2,1H3. The number of likely N-dealkylation sites (N-methyl/N-ethyl adjacent to an activating group) is 1. The van der Waals surface area contributed by atoms with Gasteiger partial charge in [0.25, 0.3) is 0 Å². The summed E-state index contributed by atoms with van der Waals surface area (Å²) in [5.74, 6) is -0.240. The van der Waals surface area contributed by atoms with Crippen LogP contribution >= 0.6 is 22.9 Å². The zero-order valence-electron chi connectivity index (χ0n) is 10.1. The molecule has 1 aromatic carbocycles. The van der Waals surface area contributed by atoms with Crippen LogP contribution in [-0.2, 0) is 6.42 Å². The van der Waals surface area contributed by atoms with E-state index < -0.39 is 0 Å². The molecule has 2 rings (SSSR count). The van der Waals surface area contributed by atoms with Crippen molar-refractivity contribution in [3.63, 3.8) is 0 Å². The van der Waals surface area contributed by atoms with Crippen molar-refractivity contribution in [2.75, 3.05) is 6.54 Å². The Labute approximate surface area is 116 Å². The van der Waals surface area contributed by atoms with Crippen LogP contribution in [0.15, 0.2) is 35.7 Å². The highest BCUT2D eigenvalue weighted by atomic mass is 35.5. The van der Waals surface area contributed by atoms with Gasteiger partial charge < -0.3 is 5.32 Å². The molecule has 1 nitrogen and oxygen atoms in total. The minimum atomic E-state index is -0.240. The Morgan fingerprint density at radius 1 is 1.39 bits per heavy atom. The highest BCUT2D eigenvalue weighted by Crippen LogP contribution is 2.26. The van der Waals surface area contributed by atoms with Gasteiger partial charge in [-0.05, 0) is 48.2 Å². The molecule has 0 fully saturated rings. The molecule has 1 heterocycles. The molecule has 2 aromatic rings. The number of thiophene rings is 1. The van der Waals surface area contributed by atoms with E-state index >= 15 is 0 Å². The zero-order valence-corrected chi connectivity index (χ0v) is 11.7. The first-order valence-corrected chi connectivity index (χ1v) is 7.17. The topological polar surface area (TPSA) is 12.0 Å². The summed E-state index contributed by atoms with van der Waals surface area (Å²) in [6, 6.07) is 8.82. The first-order chi connectivity index (χ1) is 8.70. The maximum Gasteiger partial charge on any atom is 0.123 e. The SMILES string of the molecule is CCNC(Cc1cc(F)ccc1Cl)c1cccs1. The van der Waals surface area contributed by atoms with Crippen LogP contribution in [0.3, 0.4) is 0 Å². The van der Waals surface area contributed by atoms with Gasteiger partial charge in [-0.1, -0.05) is 24.6 Å². The Kier molecular flexibility index (Phi) is 4.75. The van der Waals surface area contributed by atoms with Gasteiger partial charge in [-0.2, -0.15) is 0 Å². The van der Waals surface area contributed by atoms with Gasteiger partial charge in [-0.3, -0.25) is 0 Å². The lowest BCUT2D eigenvalue weighted by molar-refractivity contribution is 0.554. The predicted molar refractivity (Wildman–Crippen MR) is 75.9 cm³/mol. The van der Waals surface area contributed by atoms with E-state index in [9.17, 15) is 4.39 Å². The summed E-state index contributed by atoms with van der Waals surface area (Å²) in [5, 5.41) is 6.08. The quantitative estimate of drug-likeness (QED) is 0.856. The van der Waals surface area contributed by atoms with Crippen molar-refractivity contribution in [2.45, 2.75) is 19.4 Å². The van der Waals surface area contributed by atoms with Crippen LogP contribution in [0.4, 0.5) is 4.39 Å². The van der Waals surface area contributed by atoms with Crippen molar-refractivity contribution >= 4 is 22.9 Å². The molecule has 0 amide bonds. The van der Waals surface area contributed by atoms with Crippen LogP contribution < -0.4 is 5.32 Å². The summed E-state index contributed by atoms with van der Waals surface area (Å²) < 4.78 is 13.2. The van der Waals surface area contributed by atoms with Gasteiger partial charge in [0.05, 0.1) is 0 Å².